The fourth-order valence-electron chi connectivity index (χ4n) is 1.04. The van der Waals surface area contributed by atoms with Crippen LogP contribution in [0.3, 0.4) is 0 Å². The lowest BCUT2D eigenvalue weighted by Gasteiger charge is -2.09. The van der Waals surface area contributed by atoms with E-state index in [4.69, 9.17) is 0 Å². The third kappa shape index (κ3) is 4.16. The molecule has 1 N–H and O–H groups in total. The van der Waals surface area contributed by atoms with E-state index in [0.717, 1.165) is 10.9 Å². The second-order valence-electron chi connectivity index (χ2n) is 3.31. The molecule has 6 heteroatoms. The van der Waals surface area contributed by atoms with Crippen LogP contribution in [0.5, 0.6) is 0 Å². The Morgan fingerprint density at radius 2 is 1.88 bits per heavy atom. The zero-order valence-corrected chi connectivity index (χ0v) is 12.8. The first-order valence-corrected chi connectivity index (χ1v) is 8.04. The van der Waals surface area contributed by atoms with E-state index < -0.39 is 10.0 Å². The quantitative estimate of drug-likeness (QED) is 0.810. The summed E-state index contributed by atoms with van der Waals surface area (Å²) in [6.07, 6.45) is 0.878. The lowest BCUT2D eigenvalue weighted by Crippen LogP contribution is -2.29. The zero-order chi connectivity index (χ0) is 12.2. The first kappa shape index (κ1) is 14.2. The molecule has 0 aromatic heterocycles. The number of sulfonamides is 1. The van der Waals surface area contributed by atoms with Gasteiger partial charge in [0.25, 0.3) is 0 Å². The third-order valence-corrected chi connectivity index (χ3v) is 5.00. The average molecular weight is 371 g/mol. The molecule has 0 saturated carbocycles. The van der Waals surface area contributed by atoms with Gasteiger partial charge < -0.3 is 0 Å². The molecule has 1 rings (SSSR count). The molecule has 0 amide bonds. The van der Waals surface area contributed by atoms with Gasteiger partial charge in [-0.05, 0) is 30.7 Å². The lowest BCUT2D eigenvalue weighted by atomic mass is 10.3. The predicted octanol–water partition coefficient (Wildman–Crippen LogP) is 2.90. The molecular formula is C10H13Br2NO2S. The highest BCUT2D eigenvalue weighted by Crippen LogP contribution is 2.14. The van der Waals surface area contributed by atoms with Crippen LogP contribution >= 0.6 is 31.9 Å². The molecule has 0 fully saturated rings. The molecule has 16 heavy (non-hydrogen) atoms. The summed E-state index contributed by atoms with van der Waals surface area (Å²) in [5.74, 6) is 0. The van der Waals surface area contributed by atoms with Gasteiger partial charge in [-0.2, -0.15) is 0 Å². The van der Waals surface area contributed by atoms with Gasteiger partial charge in [0.1, 0.15) is 0 Å². The van der Waals surface area contributed by atoms with Gasteiger partial charge in [-0.25, -0.2) is 13.1 Å². The normalized spacial score (nSPS) is 13.7. The van der Waals surface area contributed by atoms with Crippen LogP contribution in [0.4, 0.5) is 0 Å². The molecule has 0 aliphatic carbocycles. The van der Waals surface area contributed by atoms with Crippen LogP contribution in [0, 0.1) is 0 Å². The molecule has 90 valence electrons. The molecule has 1 aromatic rings. The van der Waals surface area contributed by atoms with Gasteiger partial charge >= 0.3 is 0 Å². The standard InChI is InChI=1S/C10H13Br2NO2S/c1-2-8(11)7-13-16(14,15)10-5-3-9(12)4-6-10/h3-6,8,13H,2,7H2,1H3. The summed E-state index contributed by atoms with van der Waals surface area (Å²) in [6.45, 7) is 2.39. The van der Waals surface area contributed by atoms with E-state index in [0.29, 0.717) is 6.54 Å². The van der Waals surface area contributed by atoms with E-state index >= 15 is 0 Å². The van der Waals surface area contributed by atoms with E-state index in [9.17, 15) is 8.42 Å². The maximum absolute atomic E-state index is 11.8. The largest absolute Gasteiger partial charge is 0.240 e. The number of halogens is 2. The number of hydrogen-bond donors (Lipinski definition) is 1. The number of alkyl halides is 1. The topological polar surface area (TPSA) is 46.2 Å². The highest BCUT2D eigenvalue weighted by atomic mass is 79.9. The van der Waals surface area contributed by atoms with Gasteiger partial charge in [-0.1, -0.05) is 38.8 Å². The van der Waals surface area contributed by atoms with Crippen LogP contribution < -0.4 is 4.72 Å². The summed E-state index contributed by atoms with van der Waals surface area (Å²) < 4.78 is 27.0. The second kappa shape index (κ2) is 6.14. The molecule has 0 aliphatic rings. The van der Waals surface area contributed by atoms with E-state index in [-0.39, 0.29) is 9.72 Å². The minimum Gasteiger partial charge on any atom is -0.210 e. The summed E-state index contributed by atoms with van der Waals surface area (Å²) in [5, 5.41) is 0. The Morgan fingerprint density at radius 1 is 1.31 bits per heavy atom. The Hall–Kier alpha value is 0.0900. The van der Waals surface area contributed by atoms with Gasteiger partial charge in [-0.15, -0.1) is 0 Å². The zero-order valence-electron chi connectivity index (χ0n) is 8.78. The number of nitrogens with one attached hydrogen (secondary N) is 1. The summed E-state index contributed by atoms with van der Waals surface area (Å²) in [7, 11) is -3.38. The summed E-state index contributed by atoms with van der Waals surface area (Å²) in [6, 6.07) is 6.56. The third-order valence-electron chi connectivity index (χ3n) is 2.06. The molecule has 1 unspecified atom stereocenters. The molecule has 0 spiro atoms. The Balaban J connectivity index is 2.74. The van der Waals surface area contributed by atoms with Gasteiger partial charge in [0, 0.05) is 15.8 Å². The van der Waals surface area contributed by atoms with Crippen molar-refractivity contribution in [3.05, 3.63) is 28.7 Å². The van der Waals surface area contributed by atoms with Crippen LogP contribution in [-0.4, -0.2) is 19.8 Å². The van der Waals surface area contributed by atoms with E-state index in [2.05, 4.69) is 36.6 Å². The molecule has 1 atom stereocenters. The van der Waals surface area contributed by atoms with Crippen LogP contribution in [0.15, 0.2) is 33.6 Å². The molecule has 1 aromatic carbocycles. The van der Waals surface area contributed by atoms with Crippen LogP contribution in [0.25, 0.3) is 0 Å². The molecule has 0 radical (unpaired) electrons. The predicted molar refractivity (Wildman–Crippen MR) is 72.3 cm³/mol. The number of rotatable bonds is 5. The van der Waals surface area contributed by atoms with Crippen molar-refractivity contribution in [2.45, 2.75) is 23.1 Å². The molecular weight excluding hydrogens is 358 g/mol. The first-order valence-electron chi connectivity index (χ1n) is 4.85. The average Bonchev–Trinajstić information content (AvgIpc) is 2.26. The highest BCUT2D eigenvalue weighted by Gasteiger charge is 2.14. The summed E-state index contributed by atoms with van der Waals surface area (Å²) in [5.41, 5.74) is 0. The summed E-state index contributed by atoms with van der Waals surface area (Å²) in [4.78, 5) is 0.448. The molecule has 0 heterocycles. The van der Waals surface area contributed by atoms with E-state index in [1.165, 1.54) is 0 Å². The smallest absolute Gasteiger partial charge is 0.210 e. The van der Waals surface area contributed by atoms with Gasteiger partial charge in [0.15, 0.2) is 0 Å². The van der Waals surface area contributed by atoms with Crippen molar-refractivity contribution in [3.63, 3.8) is 0 Å². The number of hydrogen-bond acceptors (Lipinski definition) is 2. The highest BCUT2D eigenvalue weighted by molar-refractivity contribution is 9.10. The Morgan fingerprint density at radius 3 is 2.38 bits per heavy atom. The van der Waals surface area contributed by atoms with Gasteiger partial charge in [0.05, 0.1) is 4.90 Å². The minimum atomic E-state index is -3.38. The Bertz CT molecular complexity index is 431. The lowest BCUT2D eigenvalue weighted by molar-refractivity contribution is 0.580. The fraction of sp³-hybridized carbons (Fsp3) is 0.400. The molecule has 3 nitrogen and oxygen atoms in total. The first-order chi connectivity index (χ1) is 7.45. The van der Waals surface area contributed by atoms with Gasteiger partial charge in [0.2, 0.25) is 10.0 Å². The maximum atomic E-state index is 11.8. The van der Waals surface area contributed by atoms with Crippen molar-refractivity contribution in [2.24, 2.45) is 0 Å². The van der Waals surface area contributed by atoms with Crippen LogP contribution in [0.1, 0.15) is 13.3 Å². The maximum Gasteiger partial charge on any atom is 0.240 e. The minimum absolute atomic E-state index is 0.165. The second-order valence-corrected chi connectivity index (χ2v) is 7.29. The summed E-state index contributed by atoms with van der Waals surface area (Å²) >= 11 is 6.64. The van der Waals surface area contributed by atoms with Gasteiger partial charge in [-0.3, -0.25) is 0 Å². The van der Waals surface area contributed by atoms with Crippen molar-refractivity contribution in [3.8, 4) is 0 Å². The fourth-order valence-corrected chi connectivity index (χ4v) is 2.76. The van der Waals surface area contributed by atoms with Crippen LogP contribution in [0.2, 0.25) is 0 Å². The Kier molecular flexibility index (Phi) is 5.43. The monoisotopic (exact) mass is 369 g/mol. The molecule has 0 saturated heterocycles. The van der Waals surface area contributed by atoms with Crippen LogP contribution in [-0.2, 0) is 10.0 Å². The van der Waals surface area contributed by atoms with E-state index in [1.807, 2.05) is 6.92 Å². The molecule has 0 bridgehead atoms. The number of benzene rings is 1. The Labute approximate surface area is 113 Å². The van der Waals surface area contributed by atoms with Crippen molar-refractivity contribution in [1.82, 2.24) is 4.72 Å². The molecule has 0 aliphatic heterocycles. The van der Waals surface area contributed by atoms with Crippen molar-refractivity contribution in [1.29, 1.82) is 0 Å². The SMILES string of the molecule is CCC(Br)CNS(=O)(=O)c1ccc(Br)cc1. The van der Waals surface area contributed by atoms with Crippen molar-refractivity contribution >= 4 is 41.9 Å². The van der Waals surface area contributed by atoms with Crippen molar-refractivity contribution in [2.75, 3.05) is 6.54 Å². The van der Waals surface area contributed by atoms with E-state index in [1.54, 1.807) is 24.3 Å². The van der Waals surface area contributed by atoms with Crippen molar-refractivity contribution < 1.29 is 8.42 Å².